The minimum atomic E-state index is 0.867. The third-order valence-electron chi connectivity index (χ3n) is 2.17. The van der Waals surface area contributed by atoms with Crippen molar-refractivity contribution in [3.05, 3.63) is 24.3 Å². The van der Waals surface area contributed by atoms with Crippen LogP contribution in [-0.4, -0.2) is 28.0 Å². The monoisotopic (exact) mass is 193 g/mol. The van der Waals surface area contributed by atoms with E-state index in [1.165, 1.54) is 13.1 Å². The van der Waals surface area contributed by atoms with Crippen LogP contribution in [0, 0.1) is 5.92 Å². The summed E-state index contributed by atoms with van der Waals surface area (Å²) in [7, 11) is 0. The molecule has 0 radical (unpaired) electrons. The van der Waals surface area contributed by atoms with Gasteiger partial charge in [-0.2, -0.15) is 0 Å². The number of hydrogen-bond donors (Lipinski definition) is 0. The van der Waals surface area contributed by atoms with Gasteiger partial charge < -0.3 is 0 Å². The Balaban J connectivity index is 0.000000461. The molecule has 0 bridgehead atoms. The van der Waals surface area contributed by atoms with Crippen molar-refractivity contribution in [3.8, 4) is 0 Å². The molecule has 78 valence electrons. The Hall–Kier alpha value is -0.960. The highest BCUT2D eigenvalue weighted by molar-refractivity contribution is 4.98. The fraction of sp³-hybridized carbons (Fsp3) is 0.636. The molecule has 1 aliphatic heterocycles. The molecule has 3 heteroatoms. The van der Waals surface area contributed by atoms with Crippen LogP contribution in [0.25, 0.3) is 0 Å². The summed E-state index contributed by atoms with van der Waals surface area (Å²) in [6.07, 6.45) is 3.41. The van der Waals surface area contributed by atoms with Gasteiger partial charge in [0.15, 0.2) is 0 Å². The standard InChI is InChI=1S/C9H13N3.C2H6/c1-8-4-12(5-8)6-9-2-3-10-7-11-9;1-2/h2-3,7-8H,4-6H2,1H3;1-2H3. The van der Waals surface area contributed by atoms with E-state index in [4.69, 9.17) is 0 Å². The van der Waals surface area contributed by atoms with Gasteiger partial charge in [0.2, 0.25) is 0 Å². The van der Waals surface area contributed by atoms with Crippen LogP contribution in [0.3, 0.4) is 0 Å². The quantitative estimate of drug-likeness (QED) is 0.719. The lowest BCUT2D eigenvalue weighted by Gasteiger charge is -2.36. The molecule has 1 fully saturated rings. The number of aromatic nitrogens is 2. The highest BCUT2D eigenvalue weighted by Gasteiger charge is 2.22. The maximum absolute atomic E-state index is 4.17. The molecule has 3 nitrogen and oxygen atoms in total. The molecule has 0 unspecified atom stereocenters. The van der Waals surface area contributed by atoms with Crippen LogP contribution in [0.2, 0.25) is 0 Å². The van der Waals surface area contributed by atoms with Crippen LogP contribution >= 0.6 is 0 Å². The number of nitrogens with zero attached hydrogens (tertiary/aromatic N) is 3. The summed E-state index contributed by atoms with van der Waals surface area (Å²) < 4.78 is 0. The Kier molecular flexibility index (Phi) is 4.53. The van der Waals surface area contributed by atoms with Crippen molar-refractivity contribution >= 4 is 0 Å². The van der Waals surface area contributed by atoms with E-state index in [1.54, 1.807) is 12.5 Å². The molecule has 0 amide bonds. The van der Waals surface area contributed by atoms with Crippen molar-refractivity contribution in [3.63, 3.8) is 0 Å². The molecule has 0 N–H and O–H groups in total. The zero-order valence-electron chi connectivity index (χ0n) is 9.27. The fourth-order valence-electron chi connectivity index (χ4n) is 1.60. The SMILES string of the molecule is CC.CC1CN(Cc2ccncn2)C1. The summed E-state index contributed by atoms with van der Waals surface area (Å²) >= 11 is 0. The topological polar surface area (TPSA) is 29.0 Å². The Morgan fingerprint density at radius 1 is 1.43 bits per heavy atom. The lowest BCUT2D eigenvalue weighted by molar-refractivity contribution is 0.103. The third kappa shape index (κ3) is 3.07. The highest BCUT2D eigenvalue weighted by Crippen LogP contribution is 2.15. The summed E-state index contributed by atoms with van der Waals surface area (Å²) in [5.74, 6) is 0.867. The van der Waals surface area contributed by atoms with Gasteiger partial charge in [-0.3, -0.25) is 4.90 Å². The van der Waals surface area contributed by atoms with E-state index in [0.717, 1.165) is 18.2 Å². The van der Waals surface area contributed by atoms with Crippen LogP contribution in [0.4, 0.5) is 0 Å². The molecule has 0 aliphatic carbocycles. The van der Waals surface area contributed by atoms with Crippen molar-refractivity contribution in [2.24, 2.45) is 5.92 Å². The molecular weight excluding hydrogens is 174 g/mol. The second kappa shape index (κ2) is 5.70. The second-order valence-electron chi connectivity index (χ2n) is 3.50. The van der Waals surface area contributed by atoms with Crippen molar-refractivity contribution in [1.29, 1.82) is 0 Å². The highest BCUT2D eigenvalue weighted by atomic mass is 15.2. The molecule has 14 heavy (non-hydrogen) atoms. The van der Waals surface area contributed by atoms with Crippen molar-refractivity contribution < 1.29 is 0 Å². The van der Waals surface area contributed by atoms with E-state index in [2.05, 4.69) is 21.8 Å². The smallest absolute Gasteiger partial charge is 0.115 e. The zero-order valence-corrected chi connectivity index (χ0v) is 9.27. The Bertz CT molecular complexity index is 242. The number of rotatable bonds is 2. The van der Waals surface area contributed by atoms with Gasteiger partial charge in [-0.05, 0) is 12.0 Å². The predicted octanol–water partition coefficient (Wildman–Crippen LogP) is 1.95. The lowest BCUT2D eigenvalue weighted by Crippen LogP contribution is -2.44. The fourth-order valence-corrected chi connectivity index (χ4v) is 1.60. The number of likely N-dealkylation sites (tertiary alicyclic amines) is 1. The summed E-state index contributed by atoms with van der Waals surface area (Å²) in [4.78, 5) is 10.5. The molecule has 1 saturated heterocycles. The maximum Gasteiger partial charge on any atom is 0.115 e. The largest absolute Gasteiger partial charge is 0.297 e. The molecule has 2 rings (SSSR count). The summed E-state index contributed by atoms with van der Waals surface area (Å²) in [6.45, 7) is 9.68. The molecule has 2 heterocycles. The molecule has 1 aromatic rings. The first-order chi connectivity index (χ1) is 6.84. The second-order valence-corrected chi connectivity index (χ2v) is 3.50. The van der Waals surface area contributed by atoms with Crippen molar-refractivity contribution in [1.82, 2.24) is 14.9 Å². The minimum Gasteiger partial charge on any atom is -0.297 e. The first-order valence-electron chi connectivity index (χ1n) is 5.32. The van der Waals surface area contributed by atoms with Crippen LogP contribution in [0.5, 0.6) is 0 Å². The van der Waals surface area contributed by atoms with Gasteiger partial charge in [-0.15, -0.1) is 0 Å². The van der Waals surface area contributed by atoms with Crippen molar-refractivity contribution in [2.75, 3.05) is 13.1 Å². The molecule has 1 aromatic heterocycles. The van der Waals surface area contributed by atoms with E-state index in [0.29, 0.717) is 0 Å². The van der Waals surface area contributed by atoms with Crippen LogP contribution in [-0.2, 0) is 6.54 Å². The molecular formula is C11H19N3. The van der Waals surface area contributed by atoms with Gasteiger partial charge in [-0.25, -0.2) is 9.97 Å². The molecule has 0 spiro atoms. The predicted molar refractivity (Wildman–Crippen MR) is 57.8 cm³/mol. The van der Waals surface area contributed by atoms with E-state index in [9.17, 15) is 0 Å². The van der Waals surface area contributed by atoms with Crippen molar-refractivity contribution in [2.45, 2.75) is 27.3 Å². The van der Waals surface area contributed by atoms with E-state index < -0.39 is 0 Å². The summed E-state index contributed by atoms with van der Waals surface area (Å²) in [6, 6.07) is 1.98. The first kappa shape index (κ1) is 11.1. The molecule has 1 aliphatic rings. The average molecular weight is 193 g/mol. The minimum absolute atomic E-state index is 0.867. The van der Waals surface area contributed by atoms with Gasteiger partial charge in [0, 0.05) is 25.8 Å². The lowest BCUT2D eigenvalue weighted by atomic mass is 10.0. The molecule has 0 atom stereocenters. The zero-order chi connectivity index (χ0) is 10.4. The molecule has 0 aromatic carbocycles. The van der Waals surface area contributed by atoms with Gasteiger partial charge in [-0.1, -0.05) is 20.8 Å². The van der Waals surface area contributed by atoms with Gasteiger partial charge in [0.05, 0.1) is 5.69 Å². The maximum atomic E-state index is 4.17. The summed E-state index contributed by atoms with van der Waals surface area (Å²) in [5.41, 5.74) is 1.12. The van der Waals surface area contributed by atoms with E-state index >= 15 is 0 Å². The summed E-state index contributed by atoms with van der Waals surface area (Å²) in [5, 5.41) is 0. The van der Waals surface area contributed by atoms with Gasteiger partial charge in [0.1, 0.15) is 6.33 Å². The van der Waals surface area contributed by atoms with Gasteiger partial charge >= 0.3 is 0 Å². The van der Waals surface area contributed by atoms with Crippen LogP contribution in [0.15, 0.2) is 18.6 Å². The Labute approximate surface area is 86.2 Å². The Morgan fingerprint density at radius 3 is 2.64 bits per heavy atom. The van der Waals surface area contributed by atoms with Gasteiger partial charge in [0.25, 0.3) is 0 Å². The third-order valence-corrected chi connectivity index (χ3v) is 2.17. The molecule has 0 saturated carbocycles. The number of hydrogen-bond acceptors (Lipinski definition) is 3. The van der Waals surface area contributed by atoms with E-state index in [-0.39, 0.29) is 0 Å². The normalized spacial score (nSPS) is 16.8. The average Bonchev–Trinajstić information content (AvgIpc) is 2.20. The van der Waals surface area contributed by atoms with E-state index in [1.807, 2.05) is 19.9 Å². The van der Waals surface area contributed by atoms with Crippen LogP contribution < -0.4 is 0 Å². The van der Waals surface area contributed by atoms with Crippen LogP contribution in [0.1, 0.15) is 26.5 Å². The Morgan fingerprint density at radius 2 is 2.14 bits per heavy atom. The first-order valence-corrected chi connectivity index (χ1v) is 5.32.